The average Bonchev–Trinajstić information content (AvgIpc) is 3.36. The Labute approximate surface area is 175 Å². The minimum atomic E-state index is -0.274. The molecule has 0 radical (unpaired) electrons. The van der Waals surface area contributed by atoms with Gasteiger partial charge in [0, 0.05) is 20.4 Å². The fourth-order valence-corrected chi connectivity index (χ4v) is 3.60. The average molecular weight is 407 g/mol. The molecule has 2 aromatic carbocycles. The van der Waals surface area contributed by atoms with Gasteiger partial charge in [0.05, 0.1) is 11.8 Å². The first-order chi connectivity index (χ1) is 14.3. The highest BCUT2D eigenvalue weighted by Gasteiger charge is 2.34. The highest BCUT2D eigenvalue weighted by atomic mass is 16.7. The number of amides is 2. The number of hydrogen-bond acceptors (Lipinski definition) is 5. The lowest BCUT2D eigenvalue weighted by Crippen LogP contribution is -2.38. The summed E-state index contributed by atoms with van der Waals surface area (Å²) < 4.78 is 10.9. The van der Waals surface area contributed by atoms with E-state index in [0.717, 1.165) is 16.8 Å². The Kier molecular flexibility index (Phi) is 5.20. The largest absolute Gasteiger partial charge is 0.454 e. The minimum absolute atomic E-state index is 0.0277. The summed E-state index contributed by atoms with van der Waals surface area (Å²) >= 11 is 0. The second-order valence-electron chi connectivity index (χ2n) is 7.79. The Morgan fingerprint density at radius 2 is 1.87 bits per heavy atom. The van der Waals surface area contributed by atoms with Gasteiger partial charge in [-0.25, -0.2) is 5.01 Å². The third-order valence-corrected chi connectivity index (χ3v) is 5.70. The Balaban J connectivity index is 1.68. The number of hydrazone groups is 1. The lowest BCUT2D eigenvalue weighted by Gasteiger charge is -2.24. The number of carbonyl (C=O) groups excluding carboxylic acids is 2. The third-order valence-electron chi connectivity index (χ3n) is 5.70. The summed E-state index contributed by atoms with van der Waals surface area (Å²) in [5, 5.41) is 6.18. The summed E-state index contributed by atoms with van der Waals surface area (Å²) in [7, 11) is 1.61. The molecule has 7 heteroatoms. The molecular weight excluding hydrogens is 382 g/mol. The molecule has 0 N–H and O–H groups in total. The predicted octanol–water partition coefficient (Wildman–Crippen LogP) is 3.19. The van der Waals surface area contributed by atoms with E-state index in [9.17, 15) is 9.59 Å². The molecule has 2 amide bonds. The van der Waals surface area contributed by atoms with Crippen LogP contribution in [0.4, 0.5) is 0 Å². The fraction of sp³-hybridized carbons (Fsp3) is 0.348. The monoisotopic (exact) mass is 407 g/mol. The van der Waals surface area contributed by atoms with Gasteiger partial charge in [0.2, 0.25) is 12.7 Å². The first-order valence-electron chi connectivity index (χ1n) is 9.92. The van der Waals surface area contributed by atoms with Crippen molar-refractivity contribution in [3.05, 3.63) is 58.7 Å². The van der Waals surface area contributed by atoms with Crippen molar-refractivity contribution in [1.29, 1.82) is 0 Å². The number of rotatable bonds is 4. The molecular formula is C23H25N3O4. The number of carbonyl (C=O) groups is 2. The number of hydrogen-bond donors (Lipinski definition) is 0. The number of fused-ring (bicyclic) bond motifs is 1. The van der Waals surface area contributed by atoms with E-state index in [2.05, 4.69) is 31.1 Å². The van der Waals surface area contributed by atoms with Gasteiger partial charge in [-0.15, -0.1) is 0 Å². The molecule has 4 rings (SSSR count). The van der Waals surface area contributed by atoms with E-state index in [4.69, 9.17) is 9.47 Å². The van der Waals surface area contributed by atoms with Gasteiger partial charge in [-0.3, -0.25) is 9.59 Å². The van der Waals surface area contributed by atoms with Crippen molar-refractivity contribution >= 4 is 17.5 Å². The van der Waals surface area contributed by atoms with Crippen LogP contribution in [0.3, 0.4) is 0 Å². The fourth-order valence-electron chi connectivity index (χ4n) is 3.60. The van der Waals surface area contributed by atoms with E-state index in [-0.39, 0.29) is 31.2 Å². The molecule has 1 unspecified atom stereocenters. The van der Waals surface area contributed by atoms with Crippen molar-refractivity contribution in [2.45, 2.75) is 33.2 Å². The Morgan fingerprint density at radius 1 is 1.10 bits per heavy atom. The van der Waals surface area contributed by atoms with Gasteiger partial charge in [0.1, 0.15) is 6.54 Å². The highest BCUT2D eigenvalue weighted by molar-refractivity contribution is 6.03. The molecule has 30 heavy (non-hydrogen) atoms. The quantitative estimate of drug-likeness (QED) is 0.780. The van der Waals surface area contributed by atoms with E-state index in [0.29, 0.717) is 17.9 Å². The van der Waals surface area contributed by atoms with Gasteiger partial charge in [-0.1, -0.05) is 18.2 Å². The first-order valence-corrected chi connectivity index (χ1v) is 9.92. The van der Waals surface area contributed by atoms with Crippen molar-refractivity contribution in [3.63, 3.8) is 0 Å². The number of nitrogens with zero attached hydrogens (tertiary/aromatic N) is 3. The van der Waals surface area contributed by atoms with Crippen LogP contribution in [0.15, 0.2) is 41.5 Å². The number of ether oxygens (including phenoxy) is 2. The highest BCUT2D eigenvalue weighted by Crippen LogP contribution is 2.39. The van der Waals surface area contributed by atoms with Crippen LogP contribution in [-0.4, -0.2) is 47.8 Å². The van der Waals surface area contributed by atoms with Crippen LogP contribution in [0.25, 0.3) is 0 Å². The molecule has 7 nitrogen and oxygen atoms in total. The van der Waals surface area contributed by atoms with Gasteiger partial charge in [0.25, 0.3) is 5.91 Å². The van der Waals surface area contributed by atoms with Crippen LogP contribution in [-0.2, 0) is 9.59 Å². The minimum Gasteiger partial charge on any atom is -0.454 e. The van der Waals surface area contributed by atoms with Crippen LogP contribution in [0.5, 0.6) is 11.5 Å². The molecule has 0 aliphatic carbocycles. The van der Waals surface area contributed by atoms with Gasteiger partial charge >= 0.3 is 0 Å². The standard InChI is InChI=1S/C23H25N3O4/c1-14-5-6-17(9-15(14)2)19-11-20(18-7-8-21-22(10-18)30-13-29-21)26(24-19)23(28)12-25(4)16(3)27/h5-10,20H,11-13H2,1-4H3. The van der Waals surface area contributed by atoms with Crippen molar-refractivity contribution in [2.24, 2.45) is 5.10 Å². The van der Waals surface area contributed by atoms with E-state index in [1.54, 1.807) is 7.05 Å². The Morgan fingerprint density at radius 3 is 2.60 bits per heavy atom. The summed E-state index contributed by atoms with van der Waals surface area (Å²) in [4.78, 5) is 26.1. The van der Waals surface area contributed by atoms with Crippen LogP contribution >= 0.6 is 0 Å². The maximum Gasteiger partial charge on any atom is 0.262 e. The second kappa shape index (κ2) is 7.82. The van der Waals surface area contributed by atoms with Gasteiger partial charge in [-0.05, 0) is 54.3 Å². The molecule has 0 saturated heterocycles. The lowest BCUT2D eigenvalue weighted by molar-refractivity contribution is -0.139. The summed E-state index contributed by atoms with van der Waals surface area (Å²) in [6.45, 7) is 5.74. The lowest BCUT2D eigenvalue weighted by atomic mass is 9.96. The normalized spacial score (nSPS) is 17.1. The van der Waals surface area contributed by atoms with Gasteiger partial charge in [-0.2, -0.15) is 5.10 Å². The number of likely N-dealkylation sites (N-methyl/N-ethyl adjacent to an activating group) is 1. The summed E-state index contributed by atoms with van der Waals surface area (Å²) in [5.41, 5.74) is 5.15. The maximum absolute atomic E-state index is 13.0. The van der Waals surface area contributed by atoms with Crippen LogP contribution in [0, 0.1) is 13.8 Å². The molecule has 0 fully saturated rings. The zero-order chi connectivity index (χ0) is 21.4. The molecule has 1 atom stereocenters. The molecule has 156 valence electrons. The molecule has 2 aromatic rings. The molecule has 0 saturated carbocycles. The van der Waals surface area contributed by atoms with Gasteiger partial charge < -0.3 is 14.4 Å². The van der Waals surface area contributed by atoms with E-state index in [1.807, 2.05) is 24.3 Å². The van der Waals surface area contributed by atoms with Crippen LogP contribution < -0.4 is 9.47 Å². The topological polar surface area (TPSA) is 71.4 Å². The SMILES string of the molecule is CC(=O)N(C)CC(=O)N1N=C(c2ccc(C)c(C)c2)CC1c1ccc2c(c1)OCO2. The number of benzene rings is 2. The van der Waals surface area contributed by atoms with E-state index in [1.165, 1.54) is 28.0 Å². The maximum atomic E-state index is 13.0. The smallest absolute Gasteiger partial charge is 0.262 e. The van der Waals surface area contributed by atoms with E-state index < -0.39 is 0 Å². The van der Waals surface area contributed by atoms with Crippen LogP contribution in [0.1, 0.15) is 41.6 Å². The van der Waals surface area contributed by atoms with Crippen molar-refractivity contribution in [1.82, 2.24) is 9.91 Å². The zero-order valence-electron chi connectivity index (χ0n) is 17.6. The Hall–Kier alpha value is -3.35. The van der Waals surface area contributed by atoms with Crippen LogP contribution in [0.2, 0.25) is 0 Å². The molecule has 2 aliphatic heterocycles. The van der Waals surface area contributed by atoms with Crippen molar-refractivity contribution < 1.29 is 19.1 Å². The molecule has 2 heterocycles. The zero-order valence-corrected chi connectivity index (χ0v) is 17.6. The van der Waals surface area contributed by atoms with E-state index >= 15 is 0 Å². The molecule has 0 spiro atoms. The third kappa shape index (κ3) is 3.75. The second-order valence-corrected chi connectivity index (χ2v) is 7.79. The summed E-state index contributed by atoms with van der Waals surface area (Å²) in [6, 6.07) is 11.6. The molecule has 2 aliphatic rings. The molecule has 0 aromatic heterocycles. The van der Waals surface area contributed by atoms with Gasteiger partial charge in [0.15, 0.2) is 11.5 Å². The van der Waals surface area contributed by atoms with Crippen molar-refractivity contribution in [2.75, 3.05) is 20.4 Å². The first kappa shape index (κ1) is 19.9. The summed E-state index contributed by atoms with van der Waals surface area (Å²) in [6.07, 6.45) is 0.581. The molecule has 0 bridgehead atoms. The van der Waals surface area contributed by atoms with Crippen molar-refractivity contribution in [3.8, 4) is 11.5 Å². The number of aryl methyl sites for hydroxylation is 2. The Bertz CT molecular complexity index is 1050. The predicted molar refractivity (Wildman–Crippen MR) is 113 cm³/mol. The summed E-state index contributed by atoms with van der Waals surface area (Å²) in [5.74, 6) is 0.969.